The van der Waals surface area contributed by atoms with Crippen LogP contribution in [-0.4, -0.2) is 6.54 Å². The van der Waals surface area contributed by atoms with Crippen LogP contribution < -0.4 is 5.32 Å². The molecular formula is C16H26BrNS. The maximum Gasteiger partial charge on any atom is 0.0701 e. The van der Waals surface area contributed by atoms with Gasteiger partial charge in [0.05, 0.1) is 3.79 Å². The molecule has 0 aromatic carbocycles. The molecule has 1 aliphatic carbocycles. The molecule has 3 heteroatoms. The van der Waals surface area contributed by atoms with Gasteiger partial charge in [-0.2, -0.15) is 0 Å². The SMILES string of the molecule is CCCNC(c1ccc(Br)s1)C1CCC(C)C(C)C1. The minimum Gasteiger partial charge on any atom is -0.309 e. The molecular weight excluding hydrogens is 318 g/mol. The molecule has 108 valence electrons. The lowest BCUT2D eigenvalue weighted by molar-refractivity contribution is 0.172. The maximum absolute atomic E-state index is 3.79. The smallest absolute Gasteiger partial charge is 0.0701 e. The van der Waals surface area contributed by atoms with E-state index in [9.17, 15) is 0 Å². The Balaban J connectivity index is 2.09. The van der Waals surface area contributed by atoms with Gasteiger partial charge in [-0.05, 0) is 71.6 Å². The van der Waals surface area contributed by atoms with Crippen molar-refractivity contribution in [2.45, 2.75) is 52.5 Å². The van der Waals surface area contributed by atoms with Crippen LogP contribution in [0, 0.1) is 17.8 Å². The molecule has 0 amide bonds. The van der Waals surface area contributed by atoms with Crippen LogP contribution in [0.5, 0.6) is 0 Å². The van der Waals surface area contributed by atoms with Crippen LogP contribution in [0.3, 0.4) is 0 Å². The normalized spacial score (nSPS) is 29.4. The first-order chi connectivity index (χ1) is 9.11. The van der Waals surface area contributed by atoms with Crippen molar-refractivity contribution in [2.24, 2.45) is 17.8 Å². The van der Waals surface area contributed by atoms with E-state index in [1.807, 2.05) is 11.3 Å². The van der Waals surface area contributed by atoms with Gasteiger partial charge in [-0.1, -0.05) is 27.2 Å². The van der Waals surface area contributed by atoms with Crippen molar-refractivity contribution < 1.29 is 0 Å². The van der Waals surface area contributed by atoms with Crippen molar-refractivity contribution in [1.29, 1.82) is 0 Å². The van der Waals surface area contributed by atoms with E-state index in [2.05, 4.69) is 54.2 Å². The summed E-state index contributed by atoms with van der Waals surface area (Å²) in [6.45, 7) is 8.22. The molecule has 0 spiro atoms. The summed E-state index contributed by atoms with van der Waals surface area (Å²) in [6.07, 6.45) is 5.35. The second-order valence-corrected chi connectivity index (χ2v) is 8.60. The molecule has 1 aliphatic rings. The second kappa shape index (κ2) is 7.24. The Hall–Kier alpha value is 0.140. The summed E-state index contributed by atoms with van der Waals surface area (Å²) < 4.78 is 1.25. The maximum atomic E-state index is 3.79. The van der Waals surface area contributed by atoms with Crippen molar-refractivity contribution in [3.63, 3.8) is 0 Å². The van der Waals surface area contributed by atoms with E-state index in [-0.39, 0.29) is 0 Å². The van der Waals surface area contributed by atoms with Crippen LogP contribution in [-0.2, 0) is 0 Å². The van der Waals surface area contributed by atoms with Gasteiger partial charge in [0.15, 0.2) is 0 Å². The third-order valence-corrected chi connectivity index (χ3v) is 6.33. The highest BCUT2D eigenvalue weighted by Crippen LogP contribution is 2.42. The summed E-state index contributed by atoms with van der Waals surface area (Å²) in [6, 6.07) is 5.05. The zero-order valence-electron chi connectivity index (χ0n) is 12.3. The molecule has 0 bridgehead atoms. The number of hydrogen-bond acceptors (Lipinski definition) is 2. The first kappa shape index (κ1) is 15.5. The predicted molar refractivity (Wildman–Crippen MR) is 88.7 cm³/mol. The molecule has 1 heterocycles. The van der Waals surface area contributed by atoms with Gasteiger partial charge in [0.2, 0.25) is 0 Å². The second-order valence-electron chi connectivity index (χ2n) is 6.10. The van der Waals surface area contributed by atoms with Gasteiger partial charge < -0.3 is 5.32 Å². The van der Waals surface area contributed by atoms with Gasteiger partial charge in [-0.25, -0.2) is 0 Å². The van der Waals surface area contributed by atoms with Gasteiger partial charge in [0.1, 0.15) is 0 Å². The molecule has 1 aromatic heterocycles. The summed E-state index contributed by atoms with van der Waals surface area (Å²) in [5.74, 6) is 2.58. The van der Waals surface area contributed by atoms with E-state index in [0.29, 0.717) is 6.04 Å². The molecule has 1 aromatic rings. The van der Waals surface area contributed by atoms with E-state index in [1.165, 1.54) is 34.3 Å². The predicted octanol–water partition coefficient (Wildman–Crippen LogP) is 5.62. The summed E-state index contributed by atoms with van der Waals surface area (Å²) in [7, 11) is 0. The zero-order chi connectivity index (χ0) is 13.8. The first-order valence-electron chi connectivity index (χ1n) is 7.60. The number of hydrogen-bond donors (Lipinski definition) is 1. The Labute approximate surface area is 130 Å². The van der Waals surface area contributed by atoms with E-state index < -0.39 is 0 Å². The lowest BCUT2D eigenvalue weighted by atomic mass is 9.73. The van der Waals surface area contributed by atoms with Crippen LogP contribution in [0.2, 0.25) is 0 Å². The fourth-order valence-electron chi connectivity index (χ4n) is 3.19. The van der Waals surface area contributed by atoms with Crippen LogP contribution in [0.4, 0.5) is 0 Å². The van der Waals surface area contributed by atoms with Crippen molar-refractivity contribution >= 4 is 27.3 Å². The van der Waals surface area contributed by atoms with Crippen molar-refractivity contribution in [2.75, 3.05) is 6.54 Å². The van der Waals surface area contributed by atoms with Gasteiger partial charge in [0.25, 0.3) is 0 Å². The standard InChI is InChI=1S/C16H26BrNS/c1-4-9-18-16(14-7-8-15(17)19-14)13-6-5-11(2)12(3)10-13/h7-8,11-13,16,18H,4-6,9-10H2,1-3H3. The van der Waals surface area contributed by atoms with Crippen molar-refractivity contribution in [3.8, 4) is 0 Å². The minimum atomic E-state index is 0.561. The Bertz CT molecular complexity index is 390. The molecule has 0 aliphatic heterocycles. The summed E-state index contributed by atoms with van der Waals surface area (Å²) >= 11 is 5.50. The van der Waals surface area contributed by atoms with Gasteiger partial charge in [0, 0.05) is 10.9 Å². The highest BCUT2D eigenvalue weighted by Gasteiger charge is 2.31. The molecule has 1 nitrogen and oxygen atoms in total. The van der Waals surface area contributed by atoms with E-state index in [1.54, 1.807) is 0 Å². The summed E-state index contributed by atoms with van der Waals surface area (Å²) in [5.41, 5.74) is 0. The number of nitrogens with one attached hydrogen (secondary N) is 1. The lowest BCUT2D eigenvalue weighted by Crippen LogP contribution is -2.33. The first-order valence-corrected chi connectivity index (χ1v) is 9.21. The summed E-state index contributed by atoms with van der Waals surface area (Å²) in [5, 5.41) is 3.79. The third kappa shape index (κ3) is 4.05. The van der Waals surface area contributed by atoms with Crippen molar-refractivity contribution in [3.05, 3.63) is 20.8 Å². The molecule has 19 heavy (non-hydrogen) atoms. The van der Waals surface area contributed by atoms with Crippen LogP contribution >= 0.6 is 27.3 Å². The average Bonchev–Trinajstić information content (AvgIpc) is 2.80. The van der Waals surface area contributed by atoms with Crippen LogP contribution in [0.1, 0.15) is 57.4 Å². The summed E-state index contributed by atoms with van der Waals surface area (Å²) in [4.78, 5) is 1.51. The fourth-order valence-corrected chi connectivity index (χ4v) is 4.78. The Morgan fingerprint density at radius 2 is 2.11 bits per heavy atom. The van der Waals surface area contributed by atoms with Gasteiger partial charge >= 0.3 is 0 Å². The molecule has 4 atom stereocenters. The van der Waals surface area contributed by atoms with Gasteiger partial charge in [-0.3, -0.25) is 0 Å². The molecule has 1 fully saturated rings. The Morgan fingerprint density at radius 1 is 1.32 bits per heavy atom. The van der Waals surface area contributed by atoms with E-state index in [0.717, 1.165) is 24.3 Å². The number of halogens is 1. The van der Waals surface area contributed by atoms with Crippen molar-refractivity contribution in [1.82, 2.24) is 5.32 Å². The van der Waals surface area contributed by atoms with Crippen LogP contribution in [0.25, 0.3) is 0 Å². The lowest BCUT2D eigenvalue weighted by Gasteiger charge is -2.37. The monoisotopic (exact) mass is 343 g/mol. The third-order valence-electron chi connectivity index (χ3n) is 4.62. The molecule has 4 unspecified atom stereocenters. The van der Waals surface area contributed by atoms with E-state index >= 15 is 0 Å². The Kier molecular flexibility index (Phi) is 5.91. The zero-order valence-corrected chi connectivity index (χ0v) is 14.7. The highest BCUT2D eigenvalue weighted by atomic mass is 79.9. The van der Waals surface area contributed by atoms with Crippen LogP contribution in [0.15, 0.2) is 15.9 Å². The minimum absolute atomic E-state index is 0.561. The molecule has 1 saturated carbocycles. The average molecular weight is 344 g/mol. The largest absolute Gasteiger partial charge is 0.309 e. The number of thiophene rings is 1. The fraction of sp³-hybridized carbons (Fsp3) is 0.750. The molecule has 2 rings (SSSR count). The highest BCUT2D eigenvalue weighted by molar-refractivity contribution is 9.11. The van der Waals surface area contributed by atoms with E-state index in [4.69, 9.17) is 0 Å². The van der Waals surface area contributed by atoms with Gasteiger partial charge in [-0.15, -0.1) is 11.3 Å². The molecule has 0 radical (unpaired) electrons. The Morgan fingerprint density at radius 3 is 2.68 bits per heavy atom. The topological polar surface area (TPSA) is 12.0 Å². The quantitative estimate of drug-likeness (QED) is 0.731. The molecule has 1 N–H and O–H groups in total. The molecule has 0 saturated heterocycles. The number of rotatable bonds is 5.